The standard InChI is InChI=1S/C13H13BrN2O3S/c1-19-13-3-2-11(16(17)18)4-9(13)6-15-7-12-5-10(14)8-20-12/h2-5,8,15H,6-7H2,1H3. The topological polar surface area (TPSA) is 64.4 Å². The Morgan fingerprint density at radius 3 is 2.80 bits per heavy atom. The molecule has 0 aliphatic rings. The summed E-state index contributed by atoms with van der Waals surface area (Å²) in [5.74, 6) is 0.649. The third-order valence-electron chi connectivity index (χ3n) is 2.71. The Balaban J connectivity index is 2.03. The monoisotopic (exact) mass is 356 g/mol. The van der Waals surface area contributed by atoms with E-state index in [4.69, 9.17) is 4.74 Å². The Morgan fingerprint density at radius 1 is 1.40 bits per heavy atom. The average molecular weight is 357 g/mol. The van der Waals surface area contributed by atoms with Gasteiger partial charge in [0, 0.05) is 45.5 Å². The van der Waals surface area contributed by atoms with Gasteiger partial charge in [-0.05, 0) is 28.1 Å². The van der Waals surface area contributed by atoms with Crippen molar-refractivity contribution in [2.75, 3.05) is 7.11 Å². The van der Waals surface area contributed by atoms with Crippen LogP contribution in [0.3, 0.4) is 0 Å². The summed E-state index contributed by atoms with van der Waals surface area (Å²) in [6.07, 6.45) is 0. The minimum Gasteiger partial charge on any atom is -0.496 e. The second-order valence-corrected chi connectivity index (χ2v) is 6.00. The molecule has 2 rings (SSSR count). The first-order valence-electron chi connectivity index (χ1n) is 5.85. The van der Waals surface area contributed by atoms with Crippen LogP contribution < -0.4 is 10.1 Å². The lowest BCUT2D eigenvalue weighted by atomic mass is 10.1. The summed E-state index contributed by atoms with van der Waals surface area (Å²) in [7, 11) is 1.56. The van der Waals surface area contributed by atoms with Crippen LogP contribution in [0, 0.1) is 10.1 Å². The van der Waals surface area contributed by atoms with Gasteiger partial charge in [-0.15, -0.1) is 11.3 Å². The third-order valence-corrected chi connectivity index (χ3v) is 4.41. The van der Waals surface area contributed by atoms with Gasteiger partial charge in [0.2, 0.25) is 0 Å². The van der Waals surface area contributed by atoms with Crippen molar-refractivity contribution in [3.8, 4) is 5.75 Å². The van der Waals surface area contributed by atoms with E-state index in [0.717, 1.165) is 10.0 Å². The first kappa shape index (κ1) is 15.0. The van der Waals surface area contributed by atoms with Crippen molar-refractivity contribution in [3.05, 3.63) is 54.7 Å². The largest absolute Gasteiger partial charge is 0.496 e. The lowest BCUT2D eigenvalue weighted by Gasteiger charge is -2.09. The number of nitrogens with one attached hydrogen (secondary N) is 1. The van der Waals surface area contributed by atoms with Crippen LogP contribution in [0.5, 0.6) is 5.75 Å². The number of rotatable bonds is 6. The molecule has 0 spiro atoms. The van der Waals surface area contributed by atoms with E-state index in [-0.39, 0.29) is 5.69 Å². The number of benzene rings is 1. The smallest absolute Gasteiger partial charge is 0.270 e. The third kappa shape index (κ3) is 3.78. The van der Waals surface area contributed by atoms with Gasteiger partial charge in [0.05, 0.1) is 12.0 Å². The molecule has 0 saturated heterocycles. The average Bonchev–Trinajstić information content (AvgIpc) is 2.84. The van der Waals surface area contributed by atoms with E-state index in [2.05, 4.69) is 21.2 Å². The molecule has 0 aliphatic heterocycles. The first-order valence-corrected chi connectivity index (χ1v) is 7.52. The van der Waals surface area contributed by atoms with Crippen molar-refractivity contribution in [3.63, 3.8) is 0 Å². The molecule has 1 aromatic carbocycles. The summed E-state index contributed by atoms with van der Waals surface area (Å²) in [5, 5.41) is 16.1. The number of nitro benzene ring substituents is 1. The van der Waals surface area contributed by atoms with Crippen LogP contribution in [0.1, 0.15) is 10.4 Å². The van der Waals surface area contributed by atoms with Gasteiger partial charge in [0.15, 0.2) is 0 Å². The molecule has 0 bridgehead atoms. The fraction of sp³-hybridized carbons (Fsp3) is 0.231. The van der Waals surface area contributed by atoms with E-state index in [1.807, 2.05) is 11.4 Å². The molecule has 7 heteroatoms. The first-order chi connectivity index (χ1) is 9.60. The van der Waals surface area contributed by atoms with Crippen molar-refractivity contribution in [2.24, 2.45) is 0 Å². The number of hydrogen-bond acceptors (Lipinski definition) is 5. The van der Waals surface area contributed by atoms with Crippen LogP contribution in [0.15, 0.2) is 34.1 Å². The molecule has 5 nitrogen and oxygen atoms in total. The van der Waals surface area contributed by atoms with E-state index in [9.17, 15) is 10.1 Å². The van der Waals surface area contributed by atoms with Crippen LogP contribution in [-0.2, 0) is 13.1 Å². The number of nitrogens with zero attached hydrogens (tertiary/aromatic N) is 1. The van der Waals surface area contributed by atoms with Gasteiger partial charge in [-0.1, -0.05) is 0 Å². The van der Waals surface area contributed by atoms with Crippen molar-refractivity contribution in [1.29, 1.82) is 0 Å². The van der Waals surface area contributed by atoms with E-state index in [1.54, 1.807) is 24.5 Å². The number of non-ortho nitro benzene ring substituents is 1. The highest BCUT2D eigenvalue weighted by Crippen LogP contribution is 2.24. The molecule has 1 N–H and O–H groups in total. The summed E-state index contributed by atoms with van der Waals surface area (Å²) in [4.78, 5) is 11.6. The molecule has 1 heterocycles. The molecule has 0 radical (unpaired) electrons. The normalized spacial score (nSPS) is 10.5. The Labute approximate surface area is 128 Å². The Hall–Kier alpha value is -1.44. The Morgan fingerprint density at radius 2 is 2.20 bits per heavy atom. The number of halogens is 1. The maximum atomic E-state index is 10.8. The van der Waals surface area contributed by atoms with Crippen molar-refractivity contribution >= 4 is 33.0 Å². The van der Waals surface area contributed by atoms with Gasteiger partial charge in [-0.3, -0.25) is 10.1 Å². The lowest BCUT2D eigenvalue weighted by molar-refractivity contribution is -0.384. The zero-order valence-electron chi connectivity index (χ0n) is 10.8. The second-order valence-electron chi connectivity index (χ2n) is 4.09. The highest BCUT2D eigenvalue weighted by atomic mass is 79.9. The van der Waals surface area contributed by atoms with E-state index >= 15 is 0 Å². The van der Waals surface area contributed by atoms with Gasteiger partial charge in [-0.25, -0.2) is 0 Å². The zero-order valence-corrected chi connectivity index (χ0v) is 13.2. The molecule has 106 valence electrons. The molecule has 0 saturated carbocycles. The number of thiophene rings is 1. The second kappa shape index (κ2) is 6.83. The van der Waals surface area contributed by atoms with Crippen LogP contribution in [0.4, 0.5) is 5.69 Å². The van der Waals surface area contributed by atoms with Gasteiger partial charge < -0.3 is 10.1 Å². The van der Waals surface area contributed by atoms with E-state index in [0.29, 0.717) is 18.8 Å². The molecule has 0 unspecified atom stereocenters. The SMILES string of the molecule is COc1ccc([N+](=O)[O-])cc1CNCc1cc(Br)cs1. The highest BCUT2D eigenvalue weighted by molar-refractivity contribution is 9.10. The summed E-state index contributed by atoms with van der Waals surface area (Å²) in [6.45, 7) is 1.22. The summed E-state index contributed by atoms with van der Waals surface area (Å²) >= 11 is 5.06. The predicted octanol–water partition coefficient (Wildman–Crippen LogP) is 3.72. The molecule has 0 amide bonds. The Kier molecular flexibility index (Phi) is 5.11. The molecular weight excluding hydrogens is 344 g/mol. The zero-order chi connectivity index (χ0) is 14.5. The highest BCUT2D eigenvalue weighted by Gasteiger charge is 2.11. The maximum absolute atomic E-state index is 10.8. The Bertz CT molecular complexity index is 615. The predicted molar refractivity (Wildman–Crippen MR) is 82.2 cm³/mol. The number of ether oxygens (including phenoxy) is 1. The van der Waals surface area contributed by atoms with Crippen molar-refractivity contribution in [1.82, 2.24) is 5.32 Å². The molecule has 2 aromatic rings. The van der Waals surface area contributed by atoms with Crippen LogP contribution in [0.2, 0.25) is 0 Å². The minimum absolute atomic E-state index is 0.0708. The van der Waals surface area contributed by atoms with Crippen LogP contribution >= 0.6 is 27.3 Å². The van der Waals surface area contributed by atoms with Gasteiger partial charge in [0.1, 0.15) is 5.75 Å². The van der Waals surface area contributed by atoms with Crippen LogP contribution in [0.25, 0.3) is 0 Å². The molecule has 0 aliphatic carbocycles. The fourth-order valence-electron chi connectivity index (χ4n) is 1.78. The van der Waals surface area contributed by atoms with E-state index in [1.165, 1.54) is 17.0 Å². The quantitative estimate of drug-likeness (QED) is 0.632. The van der Waals surface area contributed by atoms with Crippen LogP contribution in [-0.4, -0.2) is 12.0 Å². The number of nitro groups is 1. The molecule has 0 fully saturated rings. The number of methoxy groups -OCH3 is 1. The van der Waals surface area contributed by atoms with Crippen molar-refractivity contribution in [2.45, 2.75) is 13.1 Å². The van der Waals surface area contributed by atoms with Gasteiger partial charge in [0.25, 0.3) is 5.69 Å². The molecule has 1 aromatic heterocycles. The maximum Gasteiger partial charge on any atom is 0.270 e. The summed E-state index contributed by atoms with van der Waals surface area (Å²) in [5.41, 5.74) is 0.846. The summed E-state index contributed by atoms with van der Waals surface area (Å²) < 4.78 is 6.28. The molecular formula is C13H13BrN2O3S. The molecule has 20 heavy (non-hydrogen) atoms. The van der Waals surface area contributed by atoms with E-state index < -0.39 is 4.92 Å². The number of hydrogen-bond donors (Lipinski definition) is 1. The van der Waals surface area contributed by atoms with Crippen molar-refractivity contribution < 1.29 is 9.66 Å². The summed E-state index contributed by atoms with van der Waals surface area (Å²) in [6, 6.07) is 6.65. The fourth-order valence-corrected chi connectivity index (χ4v) is 3.20. The lowest BCUT2D eigenvalue weighted by Crippen LogP contribution is -2.12. The molecule has 0 atom stereocenters. The minimum atomic E-state index is -0.403. The van der Waals surface area contributed by atoms with Gasteiger partial charge in [-0.2, -0.15) is 0 Å². The van der Waals surface area contributed by atoms with Gasteiger partial charge >= 0.3 is 0 Å².